The summed E-state index contributed by atoms with van der Waals surface area (Å²) in [4.78, 5) is 2.92. The molecule has 0 aliphatic rings. The van der Waals surface area contributed by atoms with Crippen LogP contribution in [0, 0.1) is 0 Å². The van der Waals surface area contributed by atoms with Gasteiger partial charge in [-0.3, -0.25) is 0 Å². The molecule has 80 valence electrons. The van der Waals surface area contributed by atoms with E-state index in [1.54, 1.807) is 0 Å². The average molecular weight is 211 g/mol. The van der Waals surface area contributed by atoms with Gasteiger partial charge < -0.3 is 0 Å². The Kier molecular flexibility index (Phi) is 2.55. The topological polar surface area (TPSA) is 48.8 Å². The van der Waals surface area contributed by atoms with E-state index in [9.17, 15) is 0 Å². The Hall–Kier alpha value is -1.99. The van der Waals surface area contributed by atoms with E-state index in [-0.39, 0.29) is 0 Å². The molecule has 2 aromatic carbocycles. The van der Waals surface area contributed by atoms with E-state index >= 15 is 0 Å². The minimum Gasteiger partial charge on any atom is -0.0831 e. The van der Waals surface area contributed by atoms with Crippen LogP contribution in [-0.2, 0) is 5.54 Å². The molecule has 0 fully saturated rings. The normalized spacial score (nSPS) is 11.1. The minimum atomic E-state index is -0.518. The predicted molar refractivity (Wildman–Crippen MR) is 66.1 cm³/mol. The van der Waals surface area contributed by atoms with Crippen molar-refractivity contribution in [3.63, 3.8) is 0 Å². The van der Waals surface area contributed by atoms with Gasteiger partial charge in [-0.1, -0.05) is 61.4 Å². The number of hydrogen-bond acceptors (Lipinski definition) is 1. The fourth-order valence-corrected chi connectivity index (χ4v) is 1.92. The molecule has 0 bridgehead atoms. The van der Waals surface area contributed by atoms with E-state index < -0.39 is 5.54 Å². The molecule has 0 aliphatic heterocycles. The lowest BCUT2D eigenvalue weighted by Crippen LogP contribution is -2.12. The number of nitrogens with zero attached hydrogens (tertiary/aromatic N) is 3. The molecule has 2 aromatic rings. The Bertz CT molecular complexity index is 561. The third kappa shape index (κ3) is 1.73. The molecule has 0 amide bonds. The molecule has 0 saturated heterocycles. The summed E-state index contributed by atoms with van der Waals surface area (Å²) in [6.07, 6.45) is 0. The molecular formula is C13H13N3. The molecule has 0 saturated carbocycles. The molecule has 3 nitrogen and oxygen atoms in total. The monoisotopic (exact) mass is 211 g/mol. The standard InChI is InChI=1S/C13H13N3/c1-13(2,15-16-14)12-9-5-7-10-6-3-4-8-11(10)12/h3-9H,1-2H3. The van der Waals surface area contributed by atoms with E-state index in [1.165, 1.54) is 5.39 Å². The predicted octanol–water partition coefficient (Wildman–Crippen LogP) is 4.39. The third-order valence-corrected chi connectivity index (χ3v) is 2.74. The summed E-state index contributed by atoms with van der Waals surface area (Å²) >= 11 is 0. The highest BCUT2D eigenvalue weighted by Gasteiger charge is 2.20. The second kappa shape index (κ2) is 3.87. The van der Waals surface area contributed by atoms with Crippen molar-refractivity contribution in [1.82, 2.24) is 0 Å². The van der Waals surface area contributed by atoms with Crippen molar-refractivity contribution in [2.24, 2.45) is 5.11 Å². The zero-order valence-electron chi connectivity index (χ0n) is 9.38. The molecule has 16 heavy (non-hydrogen) atoms. The van der Waals surface area contributed by atoms with Crippen molar-refractivity contribution in [3.05, 3.63) is 58.5 Å². The van der Waals surface area contributed by atoms with Gasteiger partial charge in [-0.2, -0.15) is 0 Å². The maximum Gasteiger partial charge on any atom is 0.0687 e. The van der Waals surface area contributed by atoms with Crippen LogP contribution in [-0.4, -0.2) is 0 Å². The van der Waals surface area contributed by atoms with Gasteiger partial charge in [0.2, 0.25) is 0 Å². The smallest absolute Gasteiger partial charge is 0.0687 e. The molecule has 0 unspecified atom stereocenters. The zero-order valence-corrected chi connectivity index (χ0v) is 9.38. The third-order valence-electron chi connectivity index (χ3n) is 2.74. The van der Waals surface area contributed by atoms with Gasteiger partial charge in [-0.25, -0.2) is 0 Å². The van der Waals surface area contributed by atoms with Gasteiger partial charge in [0.05, 0.1) is 5.54 Å². The van der Waals surface area contributed by atoms with E-state index in [1.807, 2.05) is 38.1 Å². The quantitative estimate of drug-likeness (QED) is 0.402. The number of hydrogen-bond donors (Lipinski definition) is 0. The first-order chi connectivity index (χ1) is 7.65. The Morgan fingerprint density at radius 3 is 2.50 bits per heavy atom. The van der Waals surface area contributed by atoms with Gasteiger partial charge in [0.1, 0.15) is 0 Å². The first-order valence-electron chi connectivity index (χ1n) is 5.19. The summed E-state index contributed by atoms with van der Waals surface area (Å²) in [5.41, 5.74) is 9.13. The summed E-state index contributed by atoms with van der Waals surface area (Å²) in [5, 5.41) is 6.17. The van der Waals surface area contributed by atoms with Gasteiger partial charge >= 0.3 is 0 Å². The van der Waals surface area contributed by atoms with E-state index in [0.717, 1.165) is 10.9 Å². The summed E-state index contributed by atoms with van der Waals surface area (Å²) in [7, 11) is 0. The van der Waals surface area contributed by atoms with Crippen LogP contribution in [0.15, 0.2) is 47.6 Å². The summed E-state index contributed by atoms with van der Waals surface area (Å²) in [6.45, 7) is 3.85. The van der Waals surface area contributed by atoms with Crippen LogP contribution < -0.4 is 0 Å². The van der Waals surface area contributed by atoms with Crippen LogP contribution >= 0.6 is 0 Å². The molecule has 0 radical (unpaired) electrons. The van der Waals surface area contributed by atoms with Crippen molar-refractivity contribution in [2.45, 2.75) is 19.4 Å². The first kappa shape index (κ1) is 10.5. The van der Waals surface area contributed by atoms with Crippen molar-refractivity contribution in [3.8, 4) is 0 Å². The fourth-order valence-electron chi connectivity index (χ4n) is 1.92. The minimum absolute atomic E-state index is 0.518. The van der Waals surface area contributed by atoms with Crippen molar-refractivity contribution in [2.75, 3.05) is 0 Å². The highest BCUT2D eigenvalue weighted by atomic mass is 15.2. The Labute approximate surface area is 94.3 Å². The molecule has 0 heterocycles. The van der Waals surface area contributed by atoms with Crippen LogP contribution in [0.25, 0.3) is 21.2 Å². The number of fused-ring (bicyclic) bond motifs is 1. The van der Waals surface area contributed by atoms with Gasteiger partial charge in [0.15, 0.2) is 0 Å². The molecule has 0 aliphatic carbocycles. The number of benzene rings is 2. The van der Waals surface area contributed by atoms with E-state index in [0.29, 0.717) is 0 Å². The van der Waals surface area contributed by atoms with Gasteiger partial charge in [-0.15, -0.1) is 0 Å². The first-order valence-corrected chi connectivity index (χ1v) is 5.19. The van der Waals surface area contributed by atoms with E-state index in [2.05, 4.69) is 28.2 Å². The number of azide groups is 1. The molecule has 0 N–H and O–H groups in total. The summed E-state index contributed by atoms with van der Waals surface area (Å²) < 4.78 is 0. The van der Waals surface area contributed by atoms with Crippen LogP contribution in [0.5, 0.6) is 0 Å². The maximum atomic E-state index is 8.59. The fraction of sp³-hybridized carbons (Fsp3) is 0.231. The SMILES string of the molecule is CC(C)(N=[N+]=[N-])c1cccc2ccccc12. The lowest BCUT2D eigenvalue weighted by Gasteiger charge is -2.20. The maximum absolute atomic E-state index is 8.59. The highest BCUT2D eigenvalue weighted by molar-refractivity contribution is 5.86. The second-order valence-corrected chi connectivity index (χ2v) is 4.28. The summed E-state index contributed by atoms with van der Waals surface area (Å²) in [5.74, 6) is 0. The Morgan fingerprint density at radius 2 is 1.75 bits per heavy atom. The van der Waals surface area contributed by atoms with Gasteiger partial charge in [0, 0.05) is 4.91 Å². The van der Waals surface area contributed by atoms with Crippen LogP contribution in [0.2, 0.25) is 0 Å². The molecule has 2 rings (SSSR count). The van der Waals surface area contributed by atoms with Crippen molar-refractivity contribution < 1.29 is 0 Å². The lowest BCUT2D eigenvalue weighted by atomic mass is 9.90. The van der Waals surface area contributed by atoms with Crippen molar-refractivity contribution in [1.29, 1.82) is 0 Å². The van der Waals surface area contributed by atoms with Crippen molar-refractivity contribution >= 4 is 10.8 Å². The van der Waals surface area contributed by atoms with Crippen LogP contribution in [0.4, 0.5) is 0 Å². The lowest BCUT2D eigenvalue weighted by molar-refractivity contribution is 0.555. The Morgan fingerprint density at radius 1 is 1.06 bits per heavy atom. The van der Waals surface area contributed by atoms with Crippen LogP contribution in [0.1, 0.15) is 19.4 Å². The van der Waals surface area contributed by atoms with E-state index in [4.69, 9.17) is 5.53 Å². The average Bonchev–Trinajstić information content (AvgIpc) is 2.28. The molecule has 0 aromatic heterocycles. The highest BCUT2D eigenvalue weighted by Crippen LogP contribution is 2.31. The zero-order chi connectivity index (χ0) is 11.6. The van der Waals surface area contributed by atoms with Gasteiger partial charge in [-0.05, 0) is 21.9 Å². The second-order valence-electron chi connectivity index (χ2n) is 4.28. The largest absolute Gasteiger partial charge is 0.0831 e. The molecule has 0 spiro atoms. The molecular weight excluding hydrogens is 198 g/mol. The number of rotatable bonds is 2. The van der Waals surface area contributed by atoms with Gasteiger partial charge in [0.25, 0.3) is 0 Å². The molecule has 0 atom stereocenters. The Balaban J connectivity index is 2.74. The molecule has 3 heteroatoms. The van der Waals surface area contributed by atoms with Crippen LogP contribution in [0.3, 0.4) is 0 Å². The summed E-state index contributed by atoms with van der Waals surface area (Å²) in [6, 6.07) is 14.2.